The molecule has 1 aromatic rings. The van der Waals surface area contributed by atoms with E-state index in [1.807, 2.05) is 0 Å². The van der Waals surface area contributed by atoms with Crippen molar-refractivity contribution in [2.75, 3.05) is 27.2 Å². The Morgan fingerprint density at radius 2 is 2.00 bits per heavy atom. The first kappa shape index (κ1) is 15.2. The number of hydrogen-bond donors (Lipinski definition) is 1. The lowest BCUT2D eigenvalue weighted by atomic mass is 10.1. The maximum Gasteiger partial charge on any atom is 0.243 e. The number of halogens is 1. The highest BCUT2D eigenvalue weighted by atomic mass is 32.2. The number of piperidine rings is 1. The van der Waals surface area contributed by atoms with Gasteiger partial charge in [-0.3, -0.25) is 0 Å². The van der Waals surface area contributed by atoms with E-state index >= 15 is 0 Å². The summed E-state index contributed by atoms with van der Waals surface area (Å²) in [4.78, 5) is 0.0526. The molecule has 0 aliphatic carbocycles. The largest absolute Gasteiger partial charge is 0.494 e. The summed E-state index contributed by atoms with van der Waals surface area (Å²) in [6.07, 6.45) is 1.54. The van der Waals surface area contributed by atoms with Crippen molar-refractivity contribution in [1.29, 1.82) is 0 Å². The Kier molecular flexibility index (Phi) is 4.62. The Bertz CT molecular complexity index is 571. The minimum Gasteiger partial charge on any atom is -0.494 e. The van der Waals surface area contributed by atoms with Crippen molar-refractivity contribution in [1.82, 2.24) is 9.62 Å². The molecule has 0 amide bonds. The number of hydrogen-bond acceptors (Lipinski definition) is 4. The normalized spacial score (nSPS) is 17.4. The molecule has 1 saturated heterocycles. The second-order valence-electron chi connectivity index (χ2n) is 4.80. The molecule has 0 atom stereocenters. The van der Waals surface area contributed by atoms with Gasteiger partial charge in [0.25, 0.3) is 0 Å². The van der Waals surface area contributed by atoms with Gasteiger partial charge in [-0.2, -0.15) is 4.31 Å². The van der Waals surface area contributed by atoms with Crippen molar-refractivity contribution in [2.45, 2.75) is 23.8 Å². The Morgan fingerprint density at radius 1 is 1.35 bits per heavy atom. The number of ether oxygens (including phenoxy) is 1. The Morgan fingerprint density at radius 3 is 2.60 bits per heavy atom. The minimum atomic E-state index is -3.63. The molecule has 112 valence electrons. The van der Waals surface area contributed by atoms with Gasteiger partial charge in [0.15, 0.2) is 11.6 Å². The number of nitrogens with zero attached hydrogens (tertiary/aromatic N) is 1. The van der Waals surface area contributed by atoms with Crippen LogP contribution in [0.15, 0.2) is 23.1 Å². The van der Waals surface area contributed by atoms with Crippen molar-refractivity contribution >= 4 is 10.0 Å². The van der Waals surface area contributed by atoms with Crippen molar-refractivity contribution in [3.63, 3.8) is 0 Å². The van der Waals surface area contributed by atoms with Crippen LogP contribution in [0.5, 0.6) is 5.75 Å². The van der Waals surface area contributed by atoms with E-state index in [1.54, 1.807) is 7.05 Å². The fourth-order valence-electron chi connectivity index (χ4n) is 2.33. The van der Waals surface area contributed by atoms with Gasteiger partial charge in [0, 0.05) is 19.2 Å². The summed E-state index contributed by atoms with van der Waals surface area (Å²) >= 11 is 0. The molecule has 1 aromatic carbocycles. The molecule has 0 unspecified atom stereocenters. The highest BCUT2D eigenvalue weighted by Crippen LogP contribution is 2.25. The topological polar surface area (TPSA) is 58.6 Å². The van der Waals surface area contributed by atoms with Gasteiger partial charge < -0.3 is 10.1 Å². The minimum absolute atomic E-state index is 0.0303. The van der Waals surface area contributed by atoms with Crippen LogP contribution in [-0.4, -0.2) is 46.0 Å². The second kappa shape index (κ2) is 6.07. The van der Waals surface area contributed by atoms with E-state index in [0.29, 0.717) is 0 Å². The van der Waals surface area contributed by atoms with Crippen LogP contribution < -0.4 is 10.1 Å². The fourth-order valence-corrected chi connectivity index (χ4v) is 3.77. The fraction of sp³-hybridized carbons (Fsp3) is 0.538. The molecule has 7 heteroatoms. The van der Waals surface area contributed by atoms with Crippen molar-refractivity contribution in [2.24, 2.45) is 0 Å². The molecular weight excluding hydrogens is 283 g/mol. The third-order valence-electron chi connectivity index (χ3n) is 3.62. The standard InChI is InChI=1S/C13H19FN2O3S/c1-16(10-5-7-15-8-6-10)20(17,18)11-3-4-12(14)13(9-11)19-2/h3-4,9-10,15H,5-8H2,1-2H3. The van der Waals surface area contributed by atoms with Gasteiger partial charge in [-0.1, -0.05) is 0 Å². The molecule has 20 heavy (non-hydrogen) atoms. The van der Waals surface area contributed by atoms with Crippen LogP contribution in [0.1, 0.15) is 12.8 Å². The van der Waals surface area contributed by atoms with E-state index in [0.717, 1.165) is 32.0 Å². The van der Waals surface area contributed by atoms with Gasteiger partial charge >= 0.3 is 0 Å². The van der Waals surface area contributed by atoms with E-state index in [-0.39, 0.29) is 16.7 Å². The third-order valence-corrected chi connectivity index (χ3v) is 5.53. The first-order chi connectivity index (χ1) is 9.46. The molecule has 0 bridgehead atoms. The zero-order chi connectivity index (χ0) is 14.8. The average molecular weight is 302 g/mol. The van der Waals surface area contributed by atoms with Crippen LogP contribution in [-0.2, 0) is 10.0 Å². The lowest BCUT2D eigenvalue weighted by Crippen LogP contribution is -2.43. The number of nitrogens with one attached hydrogen (secondary N) is 1. The Hall–Kier alpha value is -1.18. The quantitative estimate of drug-likeness (QED) is 0.908. The molecule has 1 fully saturated rings. The SMILES string of the molecule is COc1cc(S(=O)(=O)N(C)C2CCNCC2)ccc1F. The smallest absolute Gasteiger partial charge is 0.243 e. The molecule has 0 spiro atoms. The maximum atomic E-state index is 13.4. The highest BCUT2D eigenvalue weighted by Gasteiger charge is 2.29. The van der Waals surface area contributed by atoms with Crippen LogP contribution in [0, 0.1) is 5.82 Å². The van der Waals surface area contributed by atoms with Gasteiger partial charge in [0.05, 0.1) is 12.0 Å². The summed E-state index contributed by atoms with van der Waals surface area (Å²) in [6.45, 7) is 1.61. The summed E-state index contributed by atoms with van der Waals surface area (Å²) in [5, 5.41) is 3.20. The van der Waals surface area contributed by atoms with Gasteiger partial charge in [-0.15, -0.1) is 0 Å². The van der Waals surface area contributed by atoms with Gasteiger partial charge in [-0.05, 0) is 38.1 Å². The lowest BCUT2D eigenvalue weighted by Gasteiger charge is -2.30. The van der Waals surface area contributed by atoms with Crippen LogP contribution in [0.2, 0.25) is 0 Å². The monoisotopic (exact) mass is 302 g/mol. The number of benzene rings is 1. The van der Waals surface area contributed by atoms with Crippen LogP contribution in [0.25, 0.3) is 0 Å². The summed E-state index contributed by atoms with van der Waals surface area (Å²) < 4.78 is 44.7. The summed E-state index contributed by atoms with van der Waals surface area (Å²) in [5.74, 6) is -0.638. The average Bonchev–Trinajstić information content (AvgIpc) is 2.47. The summed E-state index contributed by atoms with van der Waals surface area (Å²) in [5.41, 5.74) is 0. The maximum absolute atomic E-state index is 13.4. The molecule has 1 heterocycles. The van der Waals surface area contributed by atoms with Gasteiger partial charge in [-0.25, -0.2) is 12.8 Å². The molecular formula is C13H19FN2O3S. The van der Waals surface area contributed by atoms with Crippen molar-refractivity contribution in [3.05, 3.63) is 24.0 Å². The molecule has 2 rings (SSSR count). The van der Waals surface area contributed by atoms with E-state index in [2.05, 4.69) is 5.32 Å². The van der Waals surface area contributed by atoms with Gasteiger partial charge in [0.2, 0.25) is 10.0 Å². The Labute approximate surface area is 118 Å². The number of rotatable bonds is 4. The molecule has 0 aromatic heterocycles. The molecule has 0 saturated carbocycles. The summed E-state index contributed by atoms with van der Waals surface area (Å²) in [6, 6.07) is 3.58. The molecule has 5 nitrogen and oxygen atoms in total. The van der Waals surface area contributed by atoms with Crippen LogP contribution in [0.4, 0.5) is 4.39 Å². The van der Waals surface area contributed by atoms with Crippen molar-refractivity contribution in [3.8, 4) is 5.75 Å². The molecule has 1 aliphatic heterocycles. The van der Waals surface area contributed by atoms with E-state index < -0.39 is 15.8 Å². The molecule has 1 aliphatic rings. The van der Waals surface area contributed by atoms with Gasteiger partial charge in [0.1, 0.15) is 0 Å². The first-order valence-corrected chi connectivity index (χ1v) is 7.93. The first-order valence-electron chi connectivity index (χ1n) is 6.49. The number of methoxy groups -OCH3 is 1. The Balaban J connectivity index is 2.29. The zero-order valence-corrected chi connectivity index (χ0v) is 12.4. The second-order valence-corrected chi connectivity index (χ2v) is 6.80. The number of sulfonamides is 1. The highest BCUT2D eigenvalue weighted by molar-refractivity contribution is 7.89. The van der Waals surface area contributed by atoms with E-state index in [4.69, 9.17) is 4.74 Å². The summed E-state index contributed by atoms with van der Waals surface area (Å²) in [7, 11) is -0.748. The predicted molar refractivity (Wildman–Crippen MR) is 73.8 cm³/mol. The molecule has 0 radical (unpaired) electrons. The molecule has 1 N–H and O–H groups in total. The zero-order valence-electron chi connectivity index (χ0n) is 11.6. The van der Waals surface area contributed by atoms with E-state index in [1.165, 1.54) is 23.5 Å². The predicted octanol–water partition coefficient (Wildman–Crippen LogP) is 1.21. The van der Waals surface area contributed by atoms with E-state index in [9.17, 15) is 12.8 Å². The van der Waals surface area contributed by atoms with Crippen molar-refractivity contribution < 1.29 is 17.5 Å². The lowest BCUT2D eigenvalue weighted by molar-refractivity contribution is 0.296. The third kappa shape index (κ3) is 2.94. The van der Waals surface area contributed by atoms with Crippen LogP contribution >= 0.6 is 0 Å². The van der Waals surface area contributed by atoms with Crippen LogP contribution in [0.3, 0.4) is 0 Å².